The number of anilines is 1. The Bertz CT molecular complexity index is 756. The summed E-state index contributed by atoms with van der Waals surface area (Å²) in [4.78, 5) is 7.89. The summed E-state index contributed by atoms with van der Waals surface area (Å²) < 4.78 is 5.39. The summed E-state index contributed by atoms with van der Waals surface area (Å²) in [6.45, 7) is 5.48. The number of aryl methyl sites for hydroxylation is 1. The lowest BCUT2D eigenvalue weighted by atomic mass is 9.84. The Morgan fingerprint density at radius 1 is 1.35 bits per heavy atom. The first-order valence-corrected chi connectivity index (χ1v) is 7.19. The highest BCUT2D eigenvalue weighted by molar-refractivity contribution is 5.46. The first-order chi connectivity index (χ1) is 10.8. The monoisotopic (exact) mass is 312 g/mol. The lowest BCUT2D eigenvalue weighted by Gasteiger charge is -2.19. The predicted molar refractivity (Wildman–Crippen MR) is 87.3 cm³/mol. The van der Waals surface area contributed by atoms with Gasteiger partial charge in [-0.05, 0) is 38.0 Å². The van der Waals surface area contributed by atoms with Crippen molar-refractivity contribution in [1.29, 1.82) is 5.26 Å². The van der Waals surface area contributed by atoms with Gasteiger partial charge in [0.25, 0.3) is 0 Å². The minimum atomic E-state index is -0.615. The molecule has 0 atom stereocenters. The van der Waals surface area contributed by atoms with E-state index >= 15 is 0 Å². The molecular weight excluding hydrogens is 292 g/mol. The van der Waals surface area contributed by atoms with E-state index < -0.39 is 5.41 Å². The van der Waals surface area contributed by atoms with Gasteiger partial charge in [0.2, 0.25) is 11.8 Å². The molecule has 2 rings (SSSR count). The zero-order chi connectivity index (χ0) is 17.2. The molecule has 1 aromatic heterocycles. The second-order valence-corrected chi connectivity index (χ2v) is 5.91. The number of aromatic nitrogens is 2. The Hall–Kier alpha value is -2.81. The lowest BCUT2D eigenvalue weighted by molar-refractivity contribution is 0.409. The highest BCUT2D eigenvalue weighted by Gasteiger charge is 2.22. The molecule has 120 valence electrons. The van der Waals surface area contributed by atoms with Gasteiger partial charge in [0.05, 0.1) is 24.3 Å². The van der Waals surface area contributed by atoms with Crippen molar-refractivity contribution in [3.8, 4) is 17.7 Å². The van der Waals surface area contributed by atoms with Crippen molar-refractivity contribution < 1.29 is 9.84 Å². The summed E-state index contributed by atoms with van der Waals surface area (Å²) in [5.41, 5.74) is 7.85. The average Bonchev–Trinajstić information content (AvgIpc) is 2.50. The largest absolute Gasteiger partial charge is 0.496 e. The van der Waals surface area contributed by atoms with Crippen LogP contribution in [-0.2, 0) is 11.8 Å². The molecule has 2 aromatic rings. The maximum atomic E-state index is 10.0. The number of nitrogens with two attached hydrogens (primary N) is 1. The number of methoxy groups -OCH3 is 1. The molecule has 0 fully saturated rings. The third kappa shape index (κ3) is 3.34. The Kier molecular flexibility index (Phi) is 4.41. The molecule has 0 saturated heterocycles. The Labute approximate surface area is 135 Å². The number of nitrogens with zero attached hydrogens (tertiary/aromatic N) is 3. The summed E-state index contributed by atoms with van der Waals surface area (Å²) >= 11 is 0. The molecule has 0 aliphatic carbocycles. The number of hydrogen-bond acceptors (Lipinski definition) is 6. The molecule has 0 amide bonds. The van der Waals surface area contributed by atoms with Crippen molar-refractivity contribution in [1.82, 2.24) is 9.97 Å². The zero-order valence-electron chi connectivity index (χ0n) is 13.7. The van der Waals surface area contributed by atoms with Crippen LogP contribution in [0.25, 0.3) is 0 Å². The van der Waals surface area contributed by atoms with Crippen LogP contribution >= 0.6 is 0 Å². The number of ether oxygens (including phenoxy) is 1. The number of benzene rings is 1. The van der Waals surface area contributed by atoms with Gasteiger partial charge in [-0.15, -0.1) is 0 Å². The molecule has 23 heavy (non-hydrogen) atoms. The van der Waals surface area contributed by atoms with E-state index in [4.69, 9.17) is 10.5 Å². The number of rotatable bonds is 4. The SMILES string of the molecule is COc1ccc(C(C)(C)C#N)cc1Cc1c(C)nc(N)nc1O. The minimum Gasteiger partial charge on any atom is -0.496 e. The van der Waals surface area contributed by atoms with Crippen LogP contribution in [0.15, 0.2) is 18.2 Å². The normalized spacial score (nSPS) is 11.1. The van der Waals surface area contributed by atoms with E-state index in [1.165, 1.54) is 0 Å². The van der Waals surface area contributed by atoms with Gasteiger partial charge in [-0.3, -0.25) is 0 Å². The second-order valence-electron chi connectivity index (χ2n) is 5.91. The van der Waals surface area contributed by atoms with Crippen LogP contribution in [0.3, 0.4) is 0 Å². The molecule has 6 heteroatoms. The minimum absolute atomic E-state index is 0.0371. The number of nitrogen functional groups attached to an aromatic ring is 1. The highest BCUT2D eigenvalue weighted by atomic mass is 16.5. The van der Waals surface area contributed by atoms with E-state index in [0.29, 0.717) is 23.4 Å². The first kappa shape index (κ1) is 16.6. The van der Waals surface area contributed by atoms with Gasteiger partial charge in [0.15, 0.2) is 0 Å². The molecule has 0 radical (unpaired) electrons. The Morgan fingerprint density at radius 3 is 2.61 bits per heavy atom. The first-order valence-electron chi connectivity index (χ1n) is 7.19. The van der Waals surface area contributed by atoms with Crippen LogP contribution < -0.4 is 10.5 Å². The zero-order valence-corrected chi connectivity index (χ0v) is 13.7. The summed E-state index contributed by atoms with van der Waals surface area (Å²) in [5, 5.41) is 19.4. The molecule has 0 aliphatic heterocycles. The topological polar surface area (TPSA) is 105 Å². The summed E-state index contributed by atoms with van der Waals surface area (Å²) in [6, 6.07) is 7.90. The standard InChI is InChI=1S/C17H20N4O2/c1-10-13(15(22)21-16(19)20-10)8-11-7-12(17(2,3)9-18)5-6-14(11)23-4/h5-7H,8H2,1-4H3,(H3,19,20,21,22). The van der Waals surface area contributed by atoms with Crippen LogP contribution in [0.2, 0.25) is 0 Å². The van der Waals surface area contributed by atoms with Gasteiger partial charge >= 0.3 is 0 Å². The Balaban J connectivity index is 2.51. The van der Waals surface area contributed by atoms with Crippen molar-refractivity contribution in [3.05, 3.63) is 40.6 Å². The fraction of sp³-hybridized carbons (Fsp3) is 0.353. The van der Waals surface area contributed by atoms with Crippen LogP contribution in [0.1, 0.15) is 36.2 Å². The molecule has 0 unspecified atom stereocenters. The smallest absolute Gasteiger partial charge is 0.223 e. The second kappa shape index (κ2) is 6.13. The van der Waals surface area contributed by atoms with Crippen molar-refractivity contribution in [2.45, 2.75) is 32.6 Å². The van der Waals surface area contributed by atoms with E-state index in [9.17, 15) is 10.4 Å². The molecular formula is C17H20N4O2. The Morgan fingerprint density at radius 2 is 2.04 bits per heavy atom. The molecule has 3 N–H and O–H groups in total. The van der Waals surface area contributed by atoms with E-state index in [1.54, 1.807) is 14.0 Å². The van der Waals surface area contributed by atoms with Gasteiger partial charge in [-0.2, -0.15) is 10.2 Å². The van der Waals surface area contributed by atoms with Gasteiger partial charge < -0.3 is 15.6 Å². The predicted octanol–water partition coefficient (Wildman–Crippen LogP) is 2.47. The van der Waals surface area contributed by atoms with Gasteiger partial charge in [0, 0.05) is 12.0 Å². The van der Waals surface area contributed by atoms with Crippen molar-refractivity contribution in [2.24, 2.45) is 0 Å². The molecule has 0 bridgehead atoms. The fourth-order valence-electron chi connectivity index (χ4n) is 2.37. The molecule has 0 saturated carbocycles. The van der Waals surface area contributed by atoms with Gasteiger partial charge in [0.1, 0.15) is 5.75 Å². The van der Waals surface area contributed by atoms with Crippen LogP contribution in [0, 0.1) is 18.3 Å². The van der Waals surface area contributed by atoms with E-state index in [-0.39, 0.29) is 11.8 Å². The fourth-order valence-corrected chi connectivity index (χ4v) is 2.37. The van der Waals surface area contributed by atoms with Gasteiger partial charge in [-0.1, -0.05) is 12.1 Å². The van der Waals surface area contributed by atoms with E-state index in [1.807, 2.05) is 32.0 Å². The third-order valence-corrected chi connectivity index (χ3v) is 3.86. The van der Waals surface area contributed by atoms with Crippen LogP contribution in [-0.4, -0.2) is 22.2 Å². The molecule has 0 spiro atoms. The molecule has 1 heterocycles. The van der Waals surface area contributed by atoms with Gasteiger partial charge in [-0.25, -0.2) is 4.98 Å². The van der Waals surface area contributed by atoms with E-state index in [0.717, 1.165) is 11.1 Å². The average molecular weight is 312 g/mol. The molecule has 0 aliphatic rings. The van der Waals surface area contributed by atoms with Crippen molar-refractivity contribution in [2.75, 3.05) is 12.8 Å². The number of hydrogen-bond donors (Lipinski definition) is 2. The molecule has 1 aromatic carbocycles. The van der Waals surface area contributed by atoms with Crippen molar-refractivity contribution >= 4 is 5.95 Å². The maximum Gasteiger partial charge on any atom is 0.223 e. The number of nitriles is 1. The quantitative estimate of drug-likeness (QED) is 0.898. The third-order valence-electron chi connectivity index (χ3n) is 3.86. The van der Waals surface area contributed by atoms with Crippen LogP contribution in [0.5, 0.6) is 11.6 Å². The summed E-state index contributed by atoms with van der Waals surface area (Å²) in [7, 11) is 1.58. The van der Waals surface area contributed by atoms with Crippen molar-refractivity contribution in [3.63, 3.8) is 0 Å². The summed E-state index contributed by atoms with van der Waals surface area (Å²) in [5.74, 6) is 0.579. The molecule has 6 nitrogen and oxygen atoms in total. The lowest BCUT2D eigenvalue weighted by Crippen LogP contribution is -2.14. The summed E-state index contributed by atoms with van der Waals surface area (Å²) in [6.07, 6.45) is 0.385. The maximum absolute atomic E-state index is 10.0. The number of aromatic hydroxyl groups is 1. The van der Waals surface area contributed by atoms with E-state index in [2.05, 4.69) is 16.0 Å². The highest BCUT2D eigenvalue weighted by Crippen LogP contribution is 2.31. The van der Waals surface area contributed by atoms with Crippen LogP contribution in [0.4, 0.5) is 5.95 Å².